The highest BCUT2D eigenvalue weighted by atomic mass is 16.2. The average Bonchev–Trinajstić information content (AvgIpc) is 3.03. The van der Waals surface area contributed by atoms with Gasteiger partial charge in [-0.25, -0.2) is 4.98 Å². The predicted molar refractivity (Wildman–Crippen MR) is 118 cm³/mol. The first kappa shape index (κ1) is 20.6. The molecule has 160 valence electrons. The number of anilines is 1. The number of fused-ring (bicyclic) bond motifs is 2. The molecule has 31 heavy (non-hydrogen) atoms. The molecule has 1 aliphatic heterocycles. The standard InChI is InChI=1S/C23H25N5O3/c1-28-19-10-5-4-9-17(19)25-20(28)11-6-14-24-21(29)13-12-18-23(31)26-16-8-3-2-7-15(16)22(30)27-18/h2-5,7-10,18H,6,11-14H2,1H3,(H,24,29)(H,26,31)(H,27,30)/t18-/m0/s1. The molecule has 0 bridgehead atoms. The summed E-state index contributed by atoms with van der Waals surface area (Å²) in [5.41, 5.74) is 2.96. The summed E-state index contributed by atoms with van der Waals surface area (Å²) < 4.78 is 2.07. The van der Waals surface area contributed by atoms with Crippen molar-refractivity contribution in [1.29, 1.82) is 0 Å². The molecule has 8 heteroatoms. The second kappa shape index (κ2) is 8.99. The fourth-order valence-electron chi connectivity index (χ4n) is 3.77. The summed E-state index contributed by atoms with van der Waals surface area (Å²) in [6, 6.07) is 14.1. The maximum Gasteiger partial charge on any atom is 0.254 e. The SMILES string of the molecule is Cn1c(CCCNC(=O)CC[C@@H]2NC(=O)c3ccccc3NC2=O)nc2ccccc21. The lowest BCUT2D eigenvalue weighted by atomic mass is 10.1. The highest BCUT2D eigenvalue weighted by Crippen LogP contribution is 2.19. The normalized spacial score (nSPS) is 15.7. The van der Waals surface area contributed by atoms with Crippen LogP contribution in [0.25, 0.3) is 11.0 Å². The number of nitrogens with one attached hydrogen (secondary N) is 3. The van der Waals surface area contributed by atoms with Crippen LogP contribution in [0.5, 0.6) is 0 Å². The van der Waals surface area contributed by atoms with Crippen molar-refractivity contribution in [2.75, 3.05) is 11.9 Å². The molecule has 0 radical (unpaired) electrons. The van der Waals surface area contributed by atoms with Crippen LogP contribution < -0.4 is 16.0 Å². The first-order chi connectivity index (χ1) is 15.0. The Balaban J connectivity index is 1.23. The van der Waals surface area contributed by atoms with Gasteiger partial charge in [0.1, 0.15) is 11.9 Å². The van der Waals surface area contributed by atoms with E-state index < -0.39 is 6.04 Å². The predicted octanol–water partition coefficient (Wildman–Crippen LogP) is 2.15. The van der Waals surface area contributed by atoms with E-state index in [2.05, 4.69) is 25.5 Å². The number of rotatable bonds is 7. The van der Waals surface area contributed by atoms with Crippen molar-refractivity contribution in [3.63, 3.8) is 0 Å². The van der Waals surface area contributed by atoms with E-state index in [9.17, 15) is 14.4 Å². The number of carbonyl (C=O) groups excluding carboxylic acids is 3. The summed E-state index contributed by atoms with van der Waals surface area (Å²) in [5, 5.41) is 8.34. The fraction of sp³-hybridized carbons (Fsp3) is 0.304. The lowest BCUT2D eigenvalue weighted by Crippen LogP contribution is -2.42. The molecule has 3 amide bonds. The molecule has 0 fully saturated rings. The van der Waals surface area contributed by atoms with E-state index in [0.717, 1.165) is 29.7 Å². The summed E-state index contributed by atoms with van der Waals surface area (Å²) in [7, 11) is 1.99. The number of carbonyl (C=O) groups is 3. The third-order valence-corrected chi connectivity index (χ3v) is 5.49. The van der Waals surface area contributed by atoms with E-state index in [1.54, 1.807) is 24.3 Å². The zero-order valence-electron chi connectivity index (χ0n) is 17.4. The maximum atomic E-state index is 12.4. The Morgan fingerprint density at radius 3 is 2.74 bits per heavy atom. The van der Waals surface area contributed by atoms with Crippen LogP contribution in [-0.2, 0) is 23.1 Å². The van der Waals surface area contributed by atoms with Gasteiger partial charge >= 0.3 is 0 Å². The largest absolute Gasteiger partial charge is 0.356 e. The van der Waals surface area contributed by atoms with Crippen molar-refractivity contribution in [2.24, 2.45) is 7.05 Å². The van der Waals surface area contributed by atoms with E-state index in [1.807, 2.05) is 31.3 Å². The Morgan fingerprint density at radius 1 is 1.13 bits per heavy atom. The molecule has 0 spiro atoms. The molecular weight excluding hydrogens is 394 g/mol. The molecule has 0 aliphatic carbocycles. The summed E-state index contributed by atoms with van der Waals surface area (Å²) in [4.78, 5) is 41.6. The molecular formula is C23H25N5O3. The Labute approximate surface area is 180 Å². The minimum atomic E-state index is -0.745. The smallest absolute Gasteiger partial charge is 0.254 e. The molecule has 4 rings (SSSR count). The summed E-state index contributed by atoms with van der Waals surface area (Å²) in [6.07, 6.45) is 1.91. The lowest BCUT2D eigenvalue weighted by molar-refractivity contribution is -0.121. The summed E-state index contributed by atoms with van der Waals surface area (Å²) in [6.45, 7) is 0.525. The van der Waals surface area contributed by atoms with Gasteiger partial charge in [0.05, 0.1) is 22.3 Å². The Morgan fingerprint density at radius 2 is 1.90 bits per heavy atom. The molecule has 3 N–H and O–H groups in total. The topological polar surface area (TPSA) is 105 Å². The van der Waals surface area contributed by atoms with Gasteiger partial charge in [0, 0.05) is 26.4 Å². The van der Waals surface area contributed by atoms with Gasteiger partial charge in [0.15, 0.2) is 0 Å². The van der Waals surface area contributed by atoms with Crippen molar-refractivity contribution in [2.45, 2.75) is 31.7 Å². The second-order valence-electron chi connectivity index (χ2n) is 7.63. The number of aryl methyl sites for hydroxylation is 2. The number of amides is 3. The first-order valence-electron chi connectivity index (χ1n) is 10.4. The molecule has 1 aliphatic rings. The number of aromatic nitrogens is 2. The van der Waals surface area contributed by atoms with E-state index in [-0.39, 0.29) is 30.6 Å². The Hall–Kier alpha value is -3.68. The van der Waals surface area contributed by atoms with Crippen molar-refractivity contribution < 1.29 is 14.4 Å². The fourth-order valence-corrected chi connectivity index (χ4v) is 3.77. The third-order valence-electron chi connectivity index (χ3n) is 5.49. The number of imidazole rings is 1. The minimum Gasteiger partial charge on any atom is -0.356 e. The van der Waals surface area contributed by atoms with Crippen LogP contribution in [0.1, 0.15) is 35.4 Å². The second-order valence-corrected chi connectivity index (χ2v) is 7.63. The van der Waals surface area contributed by atoms with Crippen LogP contribution in [-0.4, -0.2) is 39.9 Å². The highest BCUT2D eigenvalue weighted by Gasteiger charge is 2.27. The van der Waals surface area contributed by atoms with E-state index in [0.29, 0.717) is 17.8 Å². The van der Waals surface area contributed by atoms with Gasteiger partial charge in [-0.15, -0.1) is 0 Å². The Kier molecular flexibility index (Phi) is 5.97. The molecule has 2 aromatic carbocycles. The van der Waals surface area contributed by atoms with Crippen LogP contribution in [0.15, 0.2) is 48.5 Å². The molecule has 3 aromatic rings. The van der Waals surface area contributed by atoms with Crippen LogP contribution in [0, 0.1) is 0 Å². The van der Waals surface area contributed by atoms with Gasteiger partial charge in [0.25, 0.3) is 5.91 Å². The van der Waals surface area contributed by atoms with Crippen LogP contribution >= 0.6 is 0 Å². The molecule has 2 heterocycles. The van der Waals surface area contributed by atoms with Crippen molar-refractivity contribution in [1.82, 2.24) is 20.2 Å². The maximum absolute atomic E-state index is 12.4. The van der Waals surface area contributed by atoms with Crippen molar-refractivity contribution in [3.8, 4) is 0 Å². The zero-order chi connectivity index (χ0) is 21.8. The monoisotopic (exact) mass is 419 g/mol. The first-order valence-corrected chi connectivity index (χ1v) is 10.4. The summed E-state index contributed by atoms with van der Waals surface area (Å²) >= 11 is 0. The Bertz CT molecular complexity index is 1140. The lowest BCUT2D eigenvalue weighted by Gasteiger charge is -2.14. The number of nitrogens with zero attached hydrogens (tertiary/aromatic N) is 2. The van der Waals surface area contributed by atoms with Crippen LogP contribution in [0.4, 0.5) is 5.69 Å². The number of benzene rings is 2. The zero-order valence-corrected chi connectivity index (χ0v) is 17.4. The third kappa shape index (κ3) is 4.58. The van der Waals surface area contributed by atoms with Gasteiger partial charge in [-0.3, -0.25) is 14.4 Å². The quantitative estimate of drug-likeness (QED) is 0.510. The van der Waals surface area contributed by atoms with E-state index in [4.69, 9.17) is 0 Å². The van der Waals surface area contributed by atoms with Crippen molar-refractivity contribution >= 4 is 34.4 Å². The molecule has 0 saturated heterocycles. The number of hydrogen-bond acceptors (Lipinski definition) is 4. The van der Waals surface area contributed by atoms with Crippen LogP contribution in [0.3, 0.4) is 0 Å². The molecule has 0 saturated carbocycles. The van der Waals surface area contributed by atoms with Gasteiger partial charge in [-0.2, -0.15) is 0 Å². The van der Waals surface area contributed by atoms with Gasteiger partial charge in [0.2, 0.25) is 11.8 Å². The van der Waals surface area contributed by atoms with Crippen LogP contribution in [0.2, 0.25) is 0 Å². The average molecular weight is 419 g/mol. The van der Waals surface area contributed by atoms with Gasteiger partial charge in [-0.1, -0.05) is 24.3 Å². The highest BCUT2D eigenvalue weighted by molar-refractivity contribution is 6.09. The number of para-hydroxylation sites is 3. The minimum absolute atomic E-state index is 0.145. The molecule has 0 unspecified atom stereocenters. The molecule has 8 nitrogen and oxygen atoms in total. The van der Waals surface area contributed by atoms with Gasteiger partial charge in [-0.05, 0) is 37.1 Å². The van der Waals surface area contributed by atoms with E-state index in [1.165, 1.54) is 0 Å². The molecule has 1 aromatic heterocycles. The van der Waals surface area contributed by atoms with Gasteiger partial charge < -0.3 is 20.5 Å². The summed E-state index contributed by atoms with van der Waals surface area (Å²) in [5.74, 6) is 0.205. The molecule has 1 atom stereocenters. The van der Waals surface area contributed by atoms with E-state index >= 15 is 0 Å². The van der Waals surface area contributed by atoms with Crippen molar-refractivity contribution in [3.05, 3.63) is 59.9 Å². The number of hydrogen-bond donors (Lipinski definition) is 3.